The van der Waals surface area contributed by atoms with Crippen LogP contribution in [-0.2, 0) is 11.3 Å². The van der Waals surface area contributed by atoms with Gasteiger partial charge in [-0.2, -0.15) is 5.10 Å². The van der Waals surface area contributed by atoms with Crippen LogP contribution in [0.3, 0.4) is 0 Å². The minimum Gasteiger partial charge on any atom is -0.381 e. The Labute approximate surface area is 97.0 Å². The van der Waals surface area contributed by atoms with E-state index in [1.54, 1.807) is 0 Å². The van der Waals surface area contributed by atoms with Gasteiger partial charge in [0.2, 0.25) is 0 Å². The van der Waals surface area contributed by atoms with E-state index < -0.39 is 0 Å². The van der Waals surface area contributed by atoms with Gasteiger partial charge < -0.3 is 10.1 Å². The van der Waals surface area contributed by atoms with E-state index >= 15 is 0 Å². The predicted molar refractivity (Wildman–Crippen MR) is 63.3 cm³/mol. The Morgan fingerprint density at radius 1 is 1.38 bits per heavy atom. The van der Waals surface area contributed by atoms with Crippen LogP contribution in [0, 0.1) is 5.92 Å². The van der Waals surface area contributed by atoms with Crippen molar-refractivity contribution >= 4 is 0 Å². The van der Waals surface area contributed by atoms with Gasteiger partial charge in [-0.25, -0.2) is 0 Å². The molecule has 0 bridgehead atoms. The van der Waals surface area contributed by atoms with Gasteiger partial charge in [-0.05, 0) is 37.8 Å². The molecule has 90 valence electrons. The Kier molecular flexibility index (Phi) is 4.83. The second kappa shape index (κ2) is 6.66. The van der Waals surface area contributed by atoms with Gasteiger partial charge in [-0.1, -0.05) is 0 Å². The van der Waals surface area contributed by atoms with E-state index in [-0.39, 0.29) is 0 Å². The molecule has 1 saturated carbocycles. The third kappa shape index (κ3) is 4.77. The highest BCUT2D eigenvalue weighted by atomic mass is 16.5. The molecule has 0 spiro atoms. The minimum atomic E-state index is 0.882. The first-order valence-electron chi connectivity index (χ1n) is 6.21. The van der Waals surface area contributed by atoms with E-state index in [0.29, 0.717) is 0 Å². The van der Waals surface area contributed by atoms with Crippen LogP contribution in [0.15, 0.2) is 18.5 Å². The number of aromatic nitrogens is 2. The van der Waals surface area contributed by atoms with Crippen LogP contribution in [-0.4, -0.2) is 36.1 Å². The van der Waals surface area contributed by atoms with Crippen molar-refractivity contribution in [3.8, 4) is 0 Å². The highest BCUT2D eigenvalue weighted by Crippen LogP contribution is 2.28. The molecule has 0 aromatic carbocycles. The lowest BCUT2D eigenvalue weighted by Crippen LogP contribution is -2.22. The lowest BCUT2D eigenvalue weighted by molar-refractivity contribution is 0.122. The molecule has 1 aliphatic carbocycles. The summed E-state index contributed by atoms with van der Waals surface area (Å²) in [7, 11) is 0. The van der Waals surface area contributed by atoms with Crippen molar-refractivity contribution in [2.45, 2.75) is 25.8 Å². The maximum Gasteiger partial charge on any atom is 0.0533 e. The maximum atomic E-state index is 5.55. The van der Waals surface area contributed by atoms with Crippen LogP contribution in [0.4, 0.5) is 0 Å². The number of hydrogen-bond acceptors (Lipinski definition) is 3. The van der Waals surface area contributed by atoms with E-state index in [0.717, 1.165) is 45.2 Å². The van der Waals surface area contributed by atoms with Gasteiger partial charge in [0, 0.05) is 32.2 Å². The quantitative estimate of drug-likeness (QED) is 0.641. The van der Waals surface area contributed by atoms with Gasteiger partial charge in [0.1, 0.15) is 0 Å². The molecule has 1 aromatic rings. The highest BCUT2D eigenvalue weighted by Gasteiger charge is 2.20. The summed E-state index contributed by atoms with van der Waals surface area (Å²) in [6.07, 6.45) is 7.65. The molecule has 0 aliphatic heterocycles. The average molecular weight is 223 g/mol. The number of nitrogens with one attached hydrogen (secondary N) is 1. The Bertz CT molecular complexity index is 270. The van der Waals surface area contributed by atoms with Crippen LogP contribution >= 0.6 is 0 Å². The fourth-order valence-electron chi connectivity index (χ4n) is 1.59. The van der Waals surface area contributed by atoms with Gasteiger partial charge in [0.25, 0.3) is 0 Å². The lowest BCUT2D eigenvalue weighted by atomic mass is 10.4. The molecule has 1 heterocycles. The van der Waals surface area contributed by atoms with Gasteiger partial charge in [-0.3, -0.25) is 4.68 Å². The smallest absolute Gasteiger partial charge is 0.0533 e. The molecule has 0 unspecified atom stereocenters. The van der Waals surface area contributed by atoms with Crippen LogP contribution in [0.25, 0.3) is 0 Å². The van der Waals surface area contributed by atoms with Crippen molar-refractivity contribution in [2.24, 2.45) is 5.92 Å². The molecule has 4 heteroatoms. The van der Waals surface area contributed by atoms with Crippen LogP contribution in [0.2, 0.25) is 0 Å². The summed E-state index contributed by atoms with van der Waals surface area (Å²) in [6, 6.07) is 1.95. The van der Waals surface area contributed by atoms with Gasteiger partial charge in [-0.15, -0.1) is 0 Å². The van der Waals surface area contributed by atoms with Gasteiger partial charge in [0.05, 0.1) is 6.54 Å². The van der Waals surface area contributed by atoms with Crippen molar-refractivity contribution < 1.29 is 4.74 Å². The number of rotatable bonds is 9. The van der Waals surface area contributed by atoms with Crippen molar-refractivity contribution in [1.29, 1.82) is 0 Å². The standard InChI is InChI=1S/C12H21N3O/c1-6-14-15(8-1)9-7-13-5-2-10-16-11-12-3-4-12/h1,6,8,12-13H,2-5,7,9-11H2. The fraction of sp³-hybridized carbons (Fsp3) is 0.750. The zero-order valence-corrected chi connectivity index (χ0v) is 9.77. The Morgan fingerprint density at radius 2 is 2.31 bits per heavy atom. The van der Waals surface area contributed by atoms with E-state index in [2.05, 4.69) is 10.4 Å². The third-order valence-electron chi connectivity index (χ3n) is 2.77. The van der Waals surface area contributed by atoms with Crippen LogP contribution < -0.4 is 5.32 Å². The summed E-state index contributed by atoms with van der Waals surface area (Å²) >= 11 is 0. The van der Waals surface area contributed by atoms with Crippen LogP contribution in [0.5, 0.6) is 0 Å². The van der Waals surface area contributed by atoms with Crippen molar-refractivity contribution in [2.75, 3.05) is 26.3 Å². The van der Waals surface area contributed by atoms with Crippen molar-refractivity contribution in [1.82, 2.24) is 15.1 Å². The molecule has 0 saturated heterocycles. The molecule has 4 nitrogen and oxygen atoms in total. The Morgan fingerprint density at radius 3 is 3.06 bits per heavy atom. The highest BCUT2D eigenvalue weighted by molar-refractivity contribution is 4.77. The lowest BCUT2D eigenvalue weighted by Gasteiger charge is -2.05. The molecule has 0 radical (unpaired) electrons. The first kappa shape index (κ1) is 11.6. The fourth-order valence-corrected chi connectivity index (χ4v) is 1.59. The molecule has 1 N–H and O–H groups in total. The number of hydrogen-bond donors (Lipinski definition) is 1. The zero-order valence-electron chi connectivity index (χ0n) is 9.77. The molecule has 1 aromatic heterocycles. The van der Waals surface area contributed by atoms with Crippen molar-refractivity contribution in [3.63, 3.8) is 0 Å². The van der Waals surface area contributed by atoms with Crippen LogP contribution in [0.1, 0.15) is 19.3 Å². The Hall–Kier alpha value is -0.870. The predicted octanol–water partition coefficient (Wildman–Crippen LogP) is 1.29. The summed E-state index contributed by atoms with van der Waals surface area (Å²) in [5, 5.41) is 7.53. The van der Waals surface area contributed by atoms with E-state index in [1.165, 1.54) is 12.8 Å². The molecule has 2 rings (SSSR count). The summed E-state index contributed by atoms with van der Waals surface area (Å²) in [5.74, 6) is 0.882. The maximum absolute atomic E-state index is 5.55. The molecule has 1 aliphatic rings. The summed E-state index contributed by atoms with van der Waals surface area (Å²) in [4.78, 5) is 0. The average Bonchev–Trinajstić information content (AvgIpc) is 2.97. The molecule has 16 heavy (non-hydrogen) atoms. The summed E-state index contributed by atoms with van der Waals surface area (Å²) < 4.78 is 7.49. The van der Waals surface area contributed by atoms with E-state index in [1.807, 2.05) is 23.1 Å². The molecular formula is C12H21N3O. The SMILES string of the molecule is c1cnn(CCNCCCOCC2CC2)c1. The second-order valence-electron chi connectivity index (χ2n) is 4.39. The minimum absolute atomic E-state index is 0.882. The molecular weight excluding hydrogens is 202 g/mol. The summed E-state index contributed by atoms with van der Waals surface area (Å²) in [5.41, 5.74) is 0. The molecule has 0 amide bonds. The largest absolute Gasteiger partial charge is 0.381 e. The number of nitrogens with zero attached hydrogens (tertiary/aromatic N) is 2. The summed E-state index contributed by atoms with van der Waals surface area (Å²) in [6.45, 7) is 4.82. The zero-order chi connectivity index (χ0) is 11.1. The first-order chi connectivity index (χ1) is 7.95. The molecule has 0 atom stereocenters. The number of ether oxygens (including phenoxy) is 1. The van der Waals surface area contributed by atoms with Gasteiger partial charge >= 0.3 is 0 Å². The van der Waals surface area contributed by atoms with E-state index in [9.17, 15) is 0 Å². The Balaban J connectivity index is 1.34. The monoisotopic (exact) mass is 223 g/mol. The van der Waals surface area contributed by atoms with E-state index in [4.69, 9.17) is 4.74 Å². The molecule has 1 fully saturated rings. The van der Waals surface area contributed by atoms with Crippen molar-refractivity contribution in [3.05, 3.63) is 18.5 Å². The third-order valence-corrected chi connectivity index (χ3v) is 2.77. The normalized spacial score (nSPS) is 15.5. The van der Waals surface area contributed by atoms with Gasteiger partial charge in [0.15, 0.2) is 0 Å². The second-order valence-corrected chi connectivity index (χ2v) is 4.39. The first-order valence-corrected chi connectivity index (χ1v) is 6.21. The topological polar surface area (TPSA) is 39.1 Å².